The Morgan fingerprint density at radius 3 is 2.52 bits per heavy atom. The fourth-order valence-corrected chi connectivity index (χ4v) is 2.77. The van der Waals surface area contributed by atoms with Crippen LogP contribution in [0.4, 0.5) is 5.82 Å². The summed E-state index contributed by atoms with van der Waals surface area (Å²) in [6, 6.07) is 11.7. The summed E-state index contributed by atoms with van der Waals surface area (Å²) in [6.45, 7) is 6.01. The molecule has 110 valence electrons. The predicted octanol–water partition coefficient (Wildman–Crippen LogP) is 1.88. The van der Waals surface area contributed by atoms with Crippen LogP contribution in [0.2, 0.25) is 0 Å². The molecule has 0 amide bonds. The lowest BCUT2D eigenvalue weighted by molar-refractivity contribution is 0.220. The summed E-state index contributed by atoms with van der Waals surface area (Å²) in [5.41, 5.74) is 2.86. The second-order valence-corrected chi connectivity index (χ2v) is 5.46. The van der Waals surface area contributed by atoms with Crippen LogP contribution in [0.25, 0.3) is 0 Å². The number of hydrogen-bond donors (Lipinski definition) is 2. The maximum absolute atomic E-state index is 10.5. The minimum Gasteiger partial charge on any atom is -0.384 e. The number of hydrogen-bond acceptors (Lipinski definition) is 4. The Labute approximate surface area is 125 Å². The molecule has 2 N–H and O–H groups in total. The molecule has 2 heterocycles. The largest absolute Gasteiger partial charge is 0.384 e. The van der Waals surface area contributed by atoms with Gasteiger partial charge in [0.25, 0.3) is 0 Å². The predicted molar refractivity (Wildman–Crippen MR) is 84.6 cm³/mol. The summed E-state index contributed by atoms with van der Waals surface area (Å²) in [5, 5.41) is 13.8. The van der Waals surface area contributed by atoms with Crippen LogP contribution in [0.5, 0.6) is 0 Å². The van der Waals surface area contributed by atoms with Crippen molar-refractivity contribution in [3.05, 3.63) is 59.3 Å². The van der Waals surface area contributed by atoms with Gasteiger partial charge in [0.05, 0.1) is 0 Å². The highest BCUT2D eigenvalue weighted by molar-refractivity contribution is 5.48. The number of aliphatic hydroxyl groups is 1. The molecule has 4 heteroatoms. The minimum atomic E-state index is -0.616. The van der Waals surface area contributed by atoms with E-state index in [1.54, 1.807) is 6.20 Å². The monoisotopic (exact) mass is 283 g/mol. The summed E-state index contributed by atoms with van der Waals surface area (Å²) >= 11 is 0. The molecule has 0 spiro atoms. The van der Waals surface area contributed by atoms with Gasteiger partial charge >= 0.3 is 0 Å². The fourth-order valence-electron chi connectivity index (χ4n) is 2.77. The van der Waals surface area contributed by atoms with Crippen LogP contribution >= 0.6 is 0 Å². The maximum Gasteiger partial charge on any atom is 0.131 e. The third-order valence-electron chi connectivity index (χ3n) is 3.92. The maximum atomic E-state index is 10.5. The Hall–Kier alpha value is -1.91. The molecule has 3 rings (SSSR count). The molecule has 0 radical (unpaired) electrons. The summed E-state index contributed by atoms with van der Waals surface area (Å²) < 4.78 is 0. The number of benzene rings is 1. The normalized spacial score (nSPS) is 16.8. The Kier molecular flexibility index (Phi) is 4.18. The second kappa shape index (κ2) is 6.24. The average Bonchev–Trinajstić information content (AvgIpc) is 2.55. The van der Waals surface area contributed by atoms with Crippen LogP contribution in [0.1, 0.15) is 22.8 Å². The number of piperazine rings is 1. The smallest absolute Gasteiger partial charge is 0.131 e. The van der Waals surface area contributed by atoms with Crippen molar-refractivity contribution in [1.82, 2.24) is 10.3 Å². The lowest BCUT2D eigenvalue weighted by Crippen LogP contribution is -2.44. The van der Waals surface area contributed by atoms with Crippen LogP contribution in [-0.2, 0) is 0 Å². The quantitative estimate of drug-likeness (QED) is 0.903. The number of aryl methyl sites for hydroxylation is 1. The van der Waals surface area contributed by atoms with Gasteiger partial charge in [0.2, 0.25) is 0 Å². The zero-order valence-electron chi connectivity index (χ0n) is 12.3. The molecule has 1 aliphatic rings. The summed E-state index contributed by atoms with van der Waals surface area (Å²) in [5.74, 6) is 1.03. The molecule has 0 bridgehead atoms. The second-order valence-electron chi connectivity index (χ2n) is 5.46. The summed E-state index contributed by atoms with van der Waals surface area (Å²) in [6.07, 6.45) is 1.18. The number of rotatable bonds is 3. The Morgan fingerprint density at radius 1 is 1.14 bits per heavy atom. The van der Waals surface area contributed by atoms with Gasteiger partial charge in [-0.05, 0) is 24.1 Å². The standard InChI is InChI=1S/C17H21N3O/c1-13-11-15(16(21)14-5-3-2-4-6-14)12-19-17(13)20-9-7-18-8-10-20/h2-6,11-12,16,18,21H,7-10H2,1H3/t16-/m0/s1. The van der Waals surface area contributed by atoms with Crippen molar-refractivity contribution in [1.29, 1.82) is 0 Å². The lowest BCUT2D eigenvalue weighted by Gasteiger charge is -2.29. The number of nitrogens with zero attached hydrogens (tertiary/aromatic N) is 2. The first-order chi connectivity index (χ1) is 10.3. The third kappa shape index (κ3) is 3.06. The highest BCUT2D eigenvalue weighted by atomic mass is 16.3. The van der Waals surface area contributed by atoms with Gasteiger partial charge in [-0.1, -0.05) is 30.3 Å². The van der Waals surface area contributed by atoms with E-state index in [0.29, 0.717) is 0 Å². The molecule has 0 saturated carbocycles. The molecule has 0 aliphatic carbocycles. The highest BCUT2D eigenvalue weighted by Crippen LogP contribution is 2.25. The van der Waals surface area contributed by atoms with Crippen molar-refractivity contribution in [2.75, 3.05) is 31.1 Å². The molecule has 21 heavy (non-hydrogen) atoms. The molecular formula is C17H21N3O. The number of aromatic nitrogens is 1. The highest BCUT2D eigenvalue weighted by Gasteiger charge is 2.16. The van der Waals surface area contributed by atoms with Gasteiger partial charge in [-0.15, -0.1) is 0 Å². The lowest BCUT2D eigenvalue weighted by atomic mass is 10.0. The molecule has 0 unspecified atom stereocenters. The van der Waals surface area contributed by atoms with E-state index in [0.717, 1.165) is 48.7 Å². The van der Waals surface area contributed by atoms with E-state index in [1.807, 2.05) is 36.4 Å². The Morgan fingerprint density at radius 2 is 1.86 bits per heavy atom. The van der Waals surface area contributed by atoms with Crippen LogP contribution in [0.15, 0.2) is 42.6 Å². The van der Waals surface area contributed by atoms with E-state index in [2.05, 4.69) is 22.1 Å². The van der Waals surface area contributed by atoms with Crippen molar-refractivity contribution >= 4 is 5.82 Å². The SMILES string of the molecule is Cc1cc([C@@H](O)c2ccccc2)cnc1N1CCNCC1. The molecule has 2 aromatic rings. The van der Waals surface area contributed by atoms with Gasteiger partial charge in [0, 0.05) is 37.9 Å². The fraction of sp³-hybridized carbons (Fsp3) is 0.353. The van der Waals surface area contributed by atoms with E-state index in [9.17, 15) is 5.11 Å². The average molecular weight is 283 g/mol. The van der Waals surface area contributed by atoms with Gasteiger partial charge in [0.15, 0.2) is 0 Å². The van der Waals surface area contributed by atoms with Gasteiger partial charge in [-0.2, -0.15) is 0 Å². The molecule has 1 atom stereocenters. The first-order valence-electron chi connectivity index (χ1n) is 7.41. The van der Waals surface area contributed by atoms with Crippen LogP contribution in [0.3, 0.4) is 0 Å². The van der Waals surface area contributed by atoms with Crippen molar-refractivity contribution in [2.45, 2.75) is 13.0 Å². The Balaban J connectivity index is 1.83. The minimum absolute atomic E-state index is 0.616. The summed E-state index contributed by atoms with van der Waals surface area (Å²) in [7, 11) is 0. The molecular weight excluding hydrogens is 262 g/mol. The zero-order valence-corrected chi connectivity index (χ0v) is 12.3. The van der Waals surface area contributed by atoms with Gasteiger partial charge in [0.1, 0.15) is 11.9 Å². The molecule has 1 saturated heterocycles. The van der Waals surface area contributed by atoms with Crippen LogP contribution < -0.4 is 10.2 Å². The van der Waals surface area contributed by atoms with Crippen molar-refractivity contribution in [3.8, 4) is 0 Å². The first-order valence-corrected chi connectivity index (χ1v) is 7.41. The molecule has 1 aliphatic heterocycles. The van der Waals surface area contributed by atoms with E-state index >= 15 is 0 Å². The number of pyridine rings is 1. The Bertz CT molecular complexity index is 594. The topological polar surface area (TPSA) is 48.4 Å². The number of aliphatic hydroxyl groups excluding tert-OH is 1. The van der Waals surface area contributed by atoms with E-state index in [-0.39, 0.29) is 0 Å². The third-order valence-corrected chi connectivity index (χ3v) is 3.92. The van der Waals surface area contributed by atoms with E-state index in [1.165, 1.54) is 0 Å². The molecule has 1 aromatic heterocycles. The summed E-state index contributed by atoms with van der Waals surface area (Å²) in [4.78, 5) is 6.88. The van der Waals surface area contributed by atoms with Crippen LogP contribution in [0, 0.1) is 6.92 Å². The molecule has 4 nitrogen and oxygen atoms in total. The van der Waals surface area contributed by atoms with E-state index < -0.39 is 6.10 Å². The van der Waals surface area contributed by atoms with Gasteiger partial charge in [-0.25, -0.2) is 4.98 Å². The van der Waals surface area contributed by atoms with Gasteiger partial charge in [-0.3, -0.25) is 0 Å². The molecule has 1 fully saturated rings. The van der Waals surface area contributed by atoms with Crippen molar-refractivity contribution < 1.29 is 5.11 Å². The van der Waals surface area contributed by atoms with Crippen LogP contribution in [-0.4, -0.2) is 36.3 Å². The number of nitrogens with one attached hydrogen (secondary N) is 1. The van der Waals surface area contributed by atoms with Gasteiger partial charge < -0.3 is 15.3 Å². The van der Waals surface area contributed by atoms with Crippen molar-refractivity contribution in [3.63, 3.8) is 0 Å². The van der Waals surface area contributed by atoms with E-state index in [4.69, 9.17) is 0 Å². The number of anilines is 1. The van der Waals surface area contributed by atoms with Crippen molar-refractivity contribution in [2.24, 2.45) is 0 Å². The first kappa shape index (κ1) is 14.0. The molecule has 1 aromatic carbocycles. The zero-order chi connectivity index (χ0) is 14.7.